The van der Waals surface area contributed by atoms with E-state index in [0.717, 1.165) is 37.0 Å². The Bertz CT molecular complexity index is 980. The zero-order valence-electron chi connectivity index (χ0n) is 17.7. The van der Waals surface area contributed by atoms with Crippen LogP contribution < -0.4 is 10.1 Å². The number of hydrogen-bond acceptors (Lipinski definition) is 4. The Morgan fingerprint density at radius 2 is 1.80 bits per heavy atom. The number of aryl methyl sites for hydroxylation is 1. The summed E-state index contributed by atoms with van der Waals surface area (Å²) in [5.41, 5.74) is 1.91. The summed E-state index contributed by atoms with van der Waals surface area (Å²) in [6.07, 6.45) is 3.86. The maximum absolute atomic E-state index is 13.2. The fourth-order valence-corrected chi connectivity index (χ4v) is 5.40. The minimum atomic E-state index is -3.61. The van der Waals surface area contributed by atoms with Gasteiger partial charge in [-0.15, -0.1) is 0 Å². The van der Waals surface area contributed by atoms with E-state index in [4.69, 9.17) is 4.74 Å². The predicted octanol–water partition coefficient (Wildman–Crippen LogP) is 3.89. The largest absolute Gasteiger partial charge is 0.494 e. The zero-order valence-corrected chi connectivity index (χ0v) is 18.5. The first kappa shape index (κ1) is 22.3. The molecule has 0 unspecified atom stereocenters. The lowest BCUT2D eigenvalue weighted by atomic mass is 10.1. The molecule has 1 saturated heterocycles. The normalized spacial score (nSPS) is 15.4. The zero-order chi connectivity index (χ0) is 21.6. The van der Waals surface area contributed by atoms with Gasteiger partial charge in [0.25, 0.3) is 5.91 Å². The first-order valence-corrected chi connectivity index (χ1v) is 12.0. The standard InChI is InChI=1S/C23H30N2O4S/c1-3-29-21-10-8-9-19(15-21)17-24-23(26)20-12-11-18(2)22(16-20)30(27,28)25-13-6-4-5-7-14-25/h8-12,15-16H,3-7,13-14,17H2,1-2H3,(H,24,26). The molecule has 2 aromatic rings. The second-order valence-corrected chi connectivity index (χ2v) is 9.47. The summed E-state index contributed by atoms with van der Waals surface area (Å²) < 4.78 is 33.4. The van der Waals surface area contributed by atoms with Gasteiger partial charge in [-0.25, -0.2) is 8.42 Å². The van der Waals surface area contributed by atoms with Crippen molar-refractivity contribution in [3.8, 4) is 5.75 Å². The fourth-order valence-electron chi connectivity index (χ4n) is 3.64. The van der Waals surface area contributed by atoms with Crippen molar-refractivity contribution in [2.45, 2.75) is 51.0 Å². The summed E-state index contributed by atoms with van der Waals surface area (Å²) >= 11 is 0. The van der Waals surface area contributed by atoms with E-state index in [-0.39, 0.29) is 10.8 Å². The summed E-state index contributed by atoms with van der Waals surface area (Å²) in [7, 11) is -3.61. The van der Waals surface area contributed by atoms with Crippen molar-refractivity contribution >= 4 is 15.9 Å². The van der Waals surface area contributed by atoms with Gasteiger partial charge in [0.15, 0.2) is 0 Å². The van der Waals surface area contributed by atoms with Crippen LogP contribution in [0.3, 0.4) is 0 Å². The minimum absolute atomic E-state index is 0.218. The monoisotopic (exact) mass is 430 g/mol. The molecule has 1 aliphatic rings. The summed E-state index contributed by atoms with van der Waals surface area (Å²) in [5, 5.41) is 2.87. The van der Waals surface area contributed by atoms with Crippen LogP contribution in [0.25, 0.3) is 0 Å². The van der Waals surface area contributed by atoms with Gasteiger partial charge in [-0.3, -0.25) is 4.79 Å². The van der Waals surface area contributed by atoms with Gasteiger partial charge in [-0.2, -0.15) is 4.31 Å². The van der Waals surface area contributed by atoms with Crippen LogP contribution >= 0.6 is 0 Å². The Labute approximate surface area is 179 Å². The maximum Gasteiger partial charge on any atom is 0.251 e. The fraction of sp³-hybridized carbons (Fsp3) is 0.435. The molecule has 2 aromatic carbocycles. The quantitative estimate of drug-likeness (QED) is 0.723. The number of sulfonamides is 1. The van der Waals surface area contributed by atoms with Crippen LogP contribution in [0, 0.1) is 6.92 Å². The third kappa shape index (κ3) is 5.40. The molecule has 0 bridgehead atoms. The molecule has 0 aliphatic carbocycles. The van der Waals surface area contributed by atoms with Crippen LogP contribution in [0.4, 0.5) is 0 Å². The first-order valence-electron chi connectivity index (χ1n) is 10.5. The van der Waals surface area contributed by atoms with Crippen LogP contribution in [-0.2, 0) is 16.6 Å². The van der Waals surface area contributed by atoms with E-state index in [0.29, 0.717) is 37.4 Å². The molecule has 3 rings (SSSR count). The highest BCUT2D eigenvalue weighted by Gasteiger charge is 2.27. The Morgan fingerprint density at radius 1 is 1.07 bits per heavy atom. The predicted molar refractivity (Wildman–Crippen MR) is 117 cm³/mol. The molecule has 1 amide bonds. The van der Waals surface area contributed by atoms with E-state index in [1.165, 1.54) is 6.07 Å². The summed E-state index contributed by atoms with van der Waals surface area (Å²) in [4.78, 5) is 12.9. The highest BCUT2D eigenvalue weighted by molar-refractivity contribution is 7.89. The van der Waals surface area contributed by atoms with E-state index in [9.17, 15) is 13.2 Å². The molecule has 0 saturated carbocycles. The van der Waals surface area contributed by atoms with Crippen molar-refractivity contribution in [3.05, 3.63) is 59.2 Å². The molecule has 162 valence electrons. The van der Waals surface area contributed by atoms with Gasteiger partial charge >= 0.3 is 0 Å². The highest BCUT2D eigenvalue weighted by atomic mass is 32.2. The SMILES string of the molecule is CCOc1cccc(CNC(=O)c2ccc(C)c(S(=O)(=O)N3CCCCCC3)c2)c1. The molecule has 7 heteroatoms. The average Bonchev–Trinajstić information content (AvgIpc) is 3.03. The molecule has 30 heavy (non-hydrogen) atoms. The minimum Gasteiger partial charge on any atom is -0.494 e. The number of nitrogens with one attached hydrogen (secondary N) is 1. The lowest BCUT2D eigenvalue weighted by molar-refractivity contribution is 0.0950. The number of nitrogens with zero attached hydrogens (tertiary/aromatic N) is 1. The molecule has 6 nitrogen and oxygen atoms in total. The lowest BCUT2D eigenvalue weighted by Crippen LogP contribution is -2.32. The Hall–Kier alpha value is -2.38. The van der Waals surface area contributed by atoms with Crippen LogP contribution in [0.5, 0.6) is 5.75 Å². The van der Waals surface area contributed by atoms with Crippen molar-refractivity contribution in [1.29, 1.82) is 0 Å². The number of ether oxygens (including phenoxy) is 1. The summed E-state index contributed by atoms with van der Waals surface area (Å²) in [5.74, 6) is 0.453. The van der Waals surface area contributed by atoms with Gasteiger partial charge < -0.3 is 10.1 Å². The summed E-state index contributed by atoms with van der Waals surface area (Å²) in [6.45, 7) is 5.67. The van der Waals surface area contributed by atoms with E-state index < -0.39 is 10.0 Å². The molecule has 0 spiro atoms. The van der Waals surface area contributed by atoms with E-state index >= 15 is 0 Å². The second kappa shape index (κ2) is 10.1. The van der Waals surface area contributed by atoms with E-state index in [1.54, 1.807) is 23.4 Å². The number of benzene rings is 2. The molecule has 1 heterocycles. The van der Waals surface area contributed by atoms with E-state index in [2.05, 4.69) is 5.32 Å². The third-order valence-electron chi connectivity index (χ3n) is 5.30. The number of hydrogen-bond donors (Lipinski definition) is 1. The van der Waals surface area contributed by atoms with E-state index in [1.807, 2.05) is 31.2 Å². The first-order chi connectivity index (χ1) is 14.4. The Balaban J connectivity index is 1.75. The van der Waals surface area contributed by atoms with Gasteiger partial charge in [-0.1, -0.05) is 31.0 Å². The number of amides is 1. The molecule has 1 aliphatic heterocycles. The summed E-state index contributed by atoms with van der Waals surface area (Å²) in [6, 6.07) is 12.4. The smallest absolute Gasteiger partial charge is 0.251 e. The van der Waals surface area contributed by atoms with Gasteiger partial charge in [0, 0.05) is 25.2 Å². The molecule has 1 fully saturated rings. The van der Waals surface area contributed by atoms with Crippen molar-refractivity contribution in [3.63, 3.8) is 0 Å². The van der Waals surface area contributed by atoms with Gasteiger partial charge in [0.05, 0.1) is 11.5 Å². The highest BCUT2D eigenvalue weighted by Crippen LogP contribution is 2.24. The Kier molecular flexibility index (Phi) is 7.50. The van der Waals surface area contributed by atoms with Crippen LogP contribution in [0.15, 0.2) is 47.4 Å². The van der Waals surface area contributed by atoms with Crippen LogP contribution in [-0.4, -0.2) is 38.3 Å². The van der Waals surface area contributed by atoms with Crippen LogP contribution in [0.1, 0.15) is 54.1 Å². The number of rotatable bonds is 7. The maximum atomic E-state index is 13.2. The van der Waals surface area contributed by atoms with Crippen molar-refractivity contribution in [2.75, 3.05) is 19.7 Å². The lowest BCUT2D eigenvalue weighted by Gasteiger charge is -2.21. The van der Waals surface area contributed by atoms with Crippen molar-refractivity contribution in [2.24, 2.45) is 0 Å². The van der Waals surface area contributed by atoms with Gasteiger partial charge in [0.1, 0.15) is 5.75 Å². The Morgan fingerprint density at radius 3 is 2.50 bits per heavy atom. The molecular weight excluding hydrogens is 400 g/mol. The average molecular weight is 431 g/mol. The number of carbonyl (C=O) groups is 1. The molecule has 1 N–H and O–H groups in total. The molecule has 0 aromatic heterocycles. The van der Waals surface area contributed by atoms with Gasteiger partial charge in [-0.05, 0) is 62.1 Å². The van der Waals surface area contributed by atoms with Gasteiger partial charge in [0.2, 0.25) is 10.0 Å². The van der Waals surface area contributed by atoms with Crippen molar-refractivity contribution < 1.29 is 17.9 Å². The molecular formula is C23H30N2O4S. The van der Waals surface area contributed by atoms with Crippen LogP contribution in [0.2, 0.25) is 0 Å². The van der Waals surface area contributed by atoms with Crippen molar-refractivity contribution in [1.82, 2.24) is 9.62 Å². The third-order valence-corrected chi connectivity index (χ3v) is 7.34. The molecule has 0 radical (unpaired) electrons. The molecule has 0 atom stereocenters. The second-order valence-electron chi connectivity index (χ2n) is 7.56. The topological polar surface area (TPSA) is 75.7 Å². The number of carbonyl (C=O) groups excluding carboxylic acids is 1.